The Bertz CT molecular complexity index is 1480. The molecule has 1 amide bonds. The van der Waals surface area contributed by atoms with Gasteiger partial charge in [-0.05, 0) is 78.5 Å². The van der Waals surface area contributed by atoms with Gasteiger partial charge in [-0.3, -0.25) is 4.79 Å². The summed E-state index contributed by atoms with van der Waals surface area (Å²) in [4.78, 5) is 23.7. The minimum atomic E-state index is -0.350. The first-order chi connectivity index (χ1) is 19.5. The Morgan fingerprint density at radius 3 is 2.45 bits per heavy atom. The lowest BCUT2D eigenvalue weighted by atomic mass is 9.74. The summed E-state index contributed by atoms with van der Waals surface area (Å²) in [6.45, 7) is 2.76. The van der Waals surface area contributed by atoms with Crippen molar-refractivity contribution in [2.24, 2.45) is 5.92 Å². The number of anilines is 1. The van der Waals surface area contributed by atoms with Crippen LogP contribution in [0.5, 0.6) is 0 Å². The van der Waals surface area contributed by atoms with Crippen molar-refractivity contribution in [1.82, 2.24) is 15.3 Å². The molecule has 3 aromatic carbocycles. The van der Waals surface area contributed by atoms with Gasteiger partial charge in [-0.15, -0.1) is 0 Å². The summed E-state index contributed by atoms with van der Waals surface area (Å²) in [5.74, 6) is 1.26. The first-order valence-corrected chi connectivity index (χ1v) is 15.0. The molecule has 2 aliphatic carbocycles. The molecule has 0 atom stereocenters. The second-order valence-corrected chi connectivity index (χ2v) is 12.1. The van der Waals surface area contributed by atoms with Crippen LogP contribution < -0.4 is 10.6 Å². The molecule has 6 heteroatoms. The van der Waals surface area contributed by atoms with Crippen molar-refractivity contribution in [3.8, 4) is 0 Å². The van der Waals surface area contributed by atoms with Gasteiger partial charge in [-0.25, -0.2) is 9.97 Å². The minimum absolute atomic E-state index is 0.138. The molecule has 2 fully saturated rings. The van der Waals surface area contributed by atoms with Gasteiger partial charge in [0.1, 0.15) is 0 Å². The van der Waals surface area contributed by atoms with Crippen LogP contribution in [-0.4, -0.2) is 21.9 Å². The molecular weight excluding hydrogens is 516 g/mol. The molecule has 5 nitrogen and oxygen atoms in total. The molecular formula is C34H37ClN4O. The lowest BCUT2D eigenvalue weighted by molar-refractivity contribution is 0.0948. The zero-order valence-corrected chi connectivity index (χ0v) is 23.9. The average molecular weight is 553 g/mol. The number of nitrogens with one attached hydrogen (secondary N) is 2. The highest BCUT2D eigenvalue weighted by atomic mass is 35.5. The van der Waals surface area contributed by atoms with Gasteiger partial charge in [0.25, 0.3) is 5.91 Å². The first kappa shape index (κ1) is 26.8. The average Bonchev–Trinajstić information content (AvgIpc) is 3.48. The third kappa shape index (κ3) is 5.44. The van der Waals surface area contributed by atoms with Gasteiger partial charge < -0.3 is 10.6 Å². The second kappa shape index (κ2) is 11.6. The molecule has 0 unspecified atom stereocenters. The Labute approximate surface area is 241 Å². The molecule has 1 heterocycles. The Hall–Kier alpha value is -3.44. The number of carbonyl (C=O) groups is 1. The summed E-state index contributed by atoms with van der Waals surface area (Å²) in [5.41, 5.74) is 3.28. The fourth-order valence-corrected chi connectivity index (χ4v) is 6.82. The molecule has 206 valence electrons. The van der Waals surface area contributed by atoms with Gasteiger partial charge in [0, 0.05) is 29.2 Å². The van der Waals surface area contributed by atoms with Crippen molar-refractivity contribution in [2.45, 2.75) is 76.3 Å². The van der Waals surface area contributed by atoms with E-state index in [0.717, 1.165) is 66.6 Å². The lowest BCUT2D eigenvalue weighted by Crippen LogP contribution is -2.33. The molecule has 0 spiro atoms. The minimum Gasteiger partial charge on any atom is -0.351 e. The van der Waals surface area contributed by atoms with Crippen molar-refractivity contribution in [1.29, 1.82) is 0 Å². The van der Waals surface area contributed by atoms with Gasteiger partial charge in [0.15, 0.2) is 0 Å². The Morgan fingerprint density at radius 1 is 0.950 bits per heavy atom. The van der Waals surface area contributed by atoms with E-state index in [0.29, 0.717) is 29.1 Å². The van der Waals surface area contributed by atoms with Crippen LogP contribution in [0.2, 0.25) is 5.02 Å². The molecule has 2 N–H and O–H groups in total. The largest absolute Gasteiger partial charge is 0.351 e. The van der Waals surface area contributed by atoms with Crippen molar-refractivity contribution in [3.63, 3.8) is 0 Å². The van der Waals surface area contributed by atoms with E-state index in [9.17, 15) is 4.79 Å². The van der Waals surface area contributed by atoms with Crippen molar-refractivity contribution >= 4 is 34.2 Å². The number of hydrogen-bond donors (Lipinski definition) is 2. The Balaban J connectivity index is 1.35. The maximum Gasteiger partial charge on any atom is 0.255 e. The van der Waals surface area contributed by atoms with Crippen LogP contribution in [0, 0.1) is 5.92 Å². The summed E-state index contributed by atoms with van der Waals surface area (Å²) < 4.78 is 0. The van der Waals surface area contributed by atoms with Crippen LogP contribution in [0.3, 0.4) is 0 Å². The molecule has 40 heavy (non-hydrogen) atoms. The maximum absolute atomic E-state index is 13.9. The number of carbonyl (C=O) groups excluding carboxylic acids is 1. The number of fused-ring (bicyclic) bond motifs is 1. The number of halogens is 1. The number of benzene rings is 3. The molecule has 4 aromatic rings. The van der Waals surface area contributed by atoms with E-state index in [-0.39, 0.29) is 11.3 Å². The van der Waals surface area contributed by atoms with Gasteiger partial charge >= 0.3 is 0 Å². The smallest absolute Gasteiger partial charge is 0.255 e. The third-order valence-corrected chi connectivity index (χ3v) is 9.26. The van der Waals surface area contributed by atoms with Crippen LogP contribution in [0.4, 0.5) is 5.95 Å². The van der Waals surface area contributed by atoms with Crippen molar-refractivity contribution < 1.29 is 4.79 Å². The standard InChI is InChI=1S/C34H37ClN4O/c1-23-11-17-28(18-12-23)38-33-37-22-30(32(40)36-21-25-9-6-8-24-7-2-3-10-29(24)25)31(39-33)34(19-4-5-20-34)26-13-15-27(35)16-14-26/h2-3,6-10,13-16,22-23,28H,4-5,11-12,17-21H2,1H3,(H,36,40)(H,37,38,39). The summed E-state index contributed by atoms with van der Waals surface area (Å²) in [5, 5.41) is 9.83. The summed E-state index contributed by atoms with van der Waals surface area (Å²) in [7, 11) is 0. The van der Waals surface area contributed by atoms with E-state index in [1.54, 1.807) is 6.20 Å². The normalized spacial score (nSPS) is 20.4. The first-order valence-electron chi connectivity index (χ1n) is 14.7. The van der Waals surface area contributed by atoms with Crippen LogP contribution in [-0.2, 0) is 12.0 Å². The van der Waals surface area contributed by atoms with E-state index in [1.807, 2.05) is 30.3 Å². The topological polar surface area (TPSA) is 66.9 Å². The SMILES string of the molecule is CC1CCC(Nc2ncc(C(=O)NCc3cccc4ccccc34)c(C3(c4ccc(Cl)cc4)CCCC3)n2)CC1. The predicted molar refractivity (Wildman–Crippen MR) is 163 cm³/mol. The molecule has 6 rings (SSSR count). The molecule has 2 aliphatic rings. The number of hydrogen-bond acceptors (Lipinski definition) is 4. The van der Waals surface area contributed by atoms with Gasteiger partial charge in [-0.2, -0.15) is 0 Å². The van der Waals surface area contributed by atoms with Crippen molar-refractivity contribution in [2.75, 3.05) is 5.32 Å². The number of aromatic nitrogens is 2. The molecule has 0 aliphatic heterocycles. The van der Waals surface area contributed by atoms with Crippen LogP contribution >= 0.6 is 11.6 Å². The summed E-state index contributed by atoms with van der Waals surface area (Å²) >= 11 is 6.28. The second-order valence-electron chi connectivity index (χ2n) is 11.7. The van der Waals surface area contributed by atoms with Gasteiger partial charge in [0.2, 0.25) is 5.95 Å². The molecule has 0 saturated heterocycles. The fourth-order valence-electron chi connectivity index (χ4n) is 6.70. The highest BCUT2D eigenvalue weighted by molar-refractivity contribution is 6.30. The molecule has 1 aromatic heterocycles. The maximum atomic E-state index is 13.9. The number of nitrogens with zero attached hydrogens (tertiary/aromatic N) is 2. The summed E-state index contributed by atoms with van der Waals surface area (Å²) in [6, 6.07) is 22.9. The third-order valence-electron chi connectivity index (χ3n) is 9.01. The molecule has 2 saturated carbocycles. The Kier molecular flexibility index (Phi) is 7.75. The highest BCUT2D eigenvalue weighted by Crippen LogP contribution is 2.47. The van der Waals surface area contributed by atoms with E-state index in [2.05, 4.69) is 58.9 Å². The van der Waals surface area contributed by atoms with Crippen LogP contribution in [0.1, 0.15) is 85.5 Å². The van der Waals surface area contributed by atoms with E-state index < -0.39 is 0 Å². The number of amides is 1. The van der Waals surface area contributed by atoms with E-state index in [4.69, 9.17) is 16.6 Å². The zero-order chi connectivity index (χ0) is 27.5. The number of rotatable bonds is 7. The highest BCUT2D eigenvalue weighted by Gasteiger charge is 2.42. The monoisotopic (exact) mass is 552 g/mol. The lowest BCUT2D eigenvalue weighted by Gasteiger charge is -2.32. The fraction of sp³-hybridized carbons (Fsp3) is 0.382. The van der Waals surface area contributed by atoms with E-state index >= 15 is 0 Å². The van der Waals surface area contributed by atoms with Crippen LogP contribution in [0.15, 0.2) is 72.9 Å². The van der Waals surface area contributed by atoms with Gasteiger partial charge in [0.05, 0.1) is 11.3 Å². The zero-order valence-electron chi connectivity index (χ0n) is 23.1. The van der Waals surface area contributed by atoms with Gasteiger partial charge in [-0.1, -0.05) is 86.0 Å². The molecule has 0 radical (unpaired) electrons. The predicted octanol–water partition coefficient (Wildman–Crippen LogP) is 8.06. The summed E-state index contributed by atoms with van der Waals surface area (Å²) in [6.07, 6.45) is 10.5. The quantitative estimate of drug-likeness (QED) is 0.243. The molecule has 0 bridgehead atoms. The van der Waals surface area contributed by atoms with Crippen molar-refractivity contribution in [3.05, 3.63) is 100 Å². The van der Waals surface area contributed by atoms with E-state index in [1.165, 1.54) is 18.2 Å². The van der Waals surface area contributed by atoms with Crippen LogP contribution in [0.25, 0.3) is 10.8 Å². The Morgan fingerprint density at radius 2 is 1.68 bits per heavy atom.